The lowest BCUT2D eigenvalue weighted by molar-refractivity contribution is 0.102. The summed E-state index contributed by atoms with van der Waals surface area (Å²) < 4.78 is 13.2. The van der Waals surface area contributed by atoms with Crippen molar-refractivity contribution in [1.29, 1.82) is 0 Å². The average Bonchev–Trinajstić information content (AvgIpc) is 3.18. The van der Waals surface area contributed by atoms with Crippen molar-refractivity contribution in [3.63, 3.8) is 0 Å². The number of carbonyl (C=O) groups excluding carboxylic acids is 1. The lowest BCUT2D eigenvalue weighted by Gasteiger charge is -2.19. The molecular formula is C25H32N4O3. The largest absolute Gasteiger partial charge is 0.493 e. The molecule has 0 fully saturated rings. The molecule has 7 heteroatoms. The predicted molar refractivity (Wildman–Crippen MR) is 127 cm³/mol. The maximum Gasteiger partial charge on any atom is 0.259 e. The predicted octanol–water partition coefficient (Wildman–Crippen LogP) is 4.47. The first kappa shape index (κ1) is 23.3. The van der Waals surface area contributed by atoms with Gasteiger partial charge in [-0.2, -0.15) is 5.10 Å². The summed E-state index contributed by atoms with van der Waals surface area (Å²) in [4.78, 5) is 15.3. The number of methoxy groups -OCH3 is 1. The van der Waals surface area contributed by atoms with E-state index in [4.69, 9.17) is 9.47 Å². The summed E-state index contributed by atoms with van der Waals surface area (Å²) in [5.41, 5.74) is 3.98. The minimum atomic E-state index is -0.221. The van der Waals surface area contributed by atoms with Crippen LogP contribution in [0.4, 0.5) is 5.69 Å². The number of rotatable bonds is 10. The number of aromatic nitrogens is 2. The molecule has 0 unspecified atom stereocenters. The second kappa shape index (κ2) is 10.8. The van der Waals surface area contributed by atoms with Crippen molar-refractivity contribution in [1.82, 2.24) is 14.7 Å². The second-order valence-corrected chi connectivity index (χ2v) is 7.54. The van der Waals surface area contributed by atoms with Crippen LogP contribution in [0.2, 0.25) is 0 Å². The lowest BCUT2D eigenvalue weighted by Crippen LogP contribution is -2.28. The van der Waals surface area contributed by atoms with E-state index < -0.39 is 0 Å². The fourth-order valence-corrected chi connectivity index (χ4v) is 3.57. The quantitative estimate of drug-likeness (QED) is 0.508. The molecule has 3 aromatic rings. The molecule has 1 amide bonds. The van der Waals surface area contributed by atoms with Crippen molar-refractivity contribution in [3.8, 4) is 17.2 Å². The summed E-state index contributed by atoms with van der Waals surface area (Å²) in [6.07, 6.45) is 1.60. The highest BCUT2D eigenvalue weighted by atomic mass is 16.5. The average molecular weight is 437 g/mol. The standard InChI is InChI=1S/C25H32N4O3/c1-6-28(7-2)14-15-32-24-16-20(12-13-23(24)31-5)27-25(30)21-17-26-29(19(21)4)22-11-9-8-10-18(22)3/h8-13,16-17H,6-7,14-15H2,1-5H3,(H,27,30). The molecule has 0 aliphatic heterocycles. The molecule has 2 aromatic carbocycles. The van der Waals surface area contributed by atoms with Gasteiger partial charge in [0.1, 0.15) is 6.61 Å². The van der Waals surface area contributed by atoms with Crippen molar-refractivity contribution in [2.24, 2.45) is 0 Å². The molecule has 0 bridgehead atoms. The molecule has 0 saturated heterocycles. The first-order chi connectivity index (χ1) is 15.5. The molecule has 170 valence electrons. The van der Waals surface area contributed by atoms with Crippen LogP contribution in [0.25, 0.3) is 5.69 Å². The summed E-state index contributed by atoms with van der Waals surface area (Å²) >= 11 is 0. The molecular weight excluding hydrogens is 404 g/mol. The van der Waals surface area contributed by atoms with E-state index in [1.54, 1.807) is 36.2 Å². The Morgan fingerprint density at radius 1 is 1.09 bits per heavy atom. The Morgan fingerprint density at radius 2 is 1.84 bits per heavy atom. The van der Waals surface area contributed by atoms with Crippen LogP contribution in [0.5, 0.6) is 11.5 Å². The Bertz CT molecular complexity index is 1060. The third-order valence-electron chi connectivity index (χ3n) is 5.58. The summed E-state index contributed by atoms with van der Waals surface area (Å²) in [6, 6.07) is 13.3. The van der Waals surface area contributed by atoms with Gasteiger partial charge >= 0.3 is 0 Å². The number of likely N-dealkylation sites (N-methyl/N-ethyl adjacent to an activating group) is 1. The third kappa shape index (κ3) is 5.29. The van der Waals surface area contributed by atoms with Crippen molar-refractivity contribution < 1.29 is 14.3 Å². The van der Waals surface area contributed by atoms with Crippen LogP contribution >= 0.6 is 0 Å². The highest BCUT2D eigenvalue weighted by molar-refractivity contribution is 6.05. The van der Waals surface area contributed by atoms with Crippen LogP contribution in [0, 0.1) is 13.8 Å². The summed E-state index contributed by atoms with van der Waals surface area (Å²) in [6.45, 7) is 11.5. The van der Waals surface area contributed by atoms with Crippen molar-refractivity contribution in [2.75, 3.05) is 38.7 Å². The first-order valence-corrected chi connectivity index (χ1v) is 10.9. The molecule has 1 aromatic heterocycles. The van der Waals surface area contributed by atoms with E-state index in [1.165, 1.54) is 0 Å². The van der Waals surface area contributed by atoms with Gasteiger partial charge in [0.15, 0.2) is 11.5 Å². The SMILES string of the molecule is CCN(CC)CCOc1cc(NC(=O)c2cnn(-c3ccccc3C)c2C)ccc1OC. The number of aryl methyl sites for hydroxylation is 1. The fourth-order valence-electron chi connectivity index (χ4n) is 3.57. The lowest BCUT2D eigenvalue weighted by atomic mass is 10.2. The number of nitrogens with one attached hydrogen (secondary N) is 1. The molecule has 0 atom stereocenters. The molecule has 0 aliphatic rings. The van der Waals surface area contributed by atoms with Crippen LogP contribution in [0.1, 0.15) is 35.5 Å². The van der Waals surface area contributed by atoms with E-state index in [9.17, 15) is 4.79 Å². The van der Waals surface area contributed by atoms with Gasteiger partial charge in [-0.1, -0.05) is 32.0 Å². The van der Waals surface area contributed by atoms with Gasteiger partial charge in [0.2, 0.25) is 0 Å². The Balaban J connectivity index is 1.74. The van der Waals surface area contributed by atoms with E-state index >= 15 is 0 Å². The van der Waals surface area contributed by atoms with Crippen LogP contribution in [0.15, 0.2) is 48.7 Å². The number of hydrogen-bond donors (Lipinski definition) is 1. The van der Waals surface area contributed by atoms with E-state index in [0.29, 0.717) is 29.4 Å². The number of para-hydroxylation sites is 1. The Hall–Kier alpha value is -3.32. The molecule has 1 heterocycles. The minimum Gasteiger partial charge on any atom is -0.493 e. The topological polar surface area (TPSA) is 68.6 Å². The zero-order valence-electron chi connectivity index (χ0n) is 19.5. The number of benzene rings is 2. The van der Waals surface area contributed by atoms with Gasteiger partial charge in [-0.25, -0.2) is 4.68 Å². The van der Waals surface area contributed by atoms with E-state index in [2.05, 4.69) is 29.2 Å². The van der Waals surface area contributed by atoms with Crippen molar-refractivity contribution in [3.05, 3.63) is 65.5 Å². The summed E-state index contributed by atoms with van der Waals surface area (Å²) in [7, 11) is 1.61. The van der Waals surface area contributed by atoms with Gasteiger partial charge < -0.3 is 19.7 Å². The fraction of sp³-hybridized carbons (Fsp3) is 0.360. The maximum absolute atomic E-state index is 13.0. The van der Waals surface area contributed by atoms with Gasteiger partial charge in [0.25, 0.3) is 5.91 Å². The highest BCUT2D eigenvalue weighted by Crippen LogP contribution is 2.30. The first-order valence-electron chi connectivity index (χ1n) is 10.9. The van der Waals surface area contributed by atoms with Crippen LogP contribution in [-0.4, -0.2) is 53.9 Å². The van der Waals surface area contributed by atoms with E-state index in [1.807, 2.05) is 38.1 Å². The van der Waals surface area contributed by atoms with Gasteiger partial charge in [0, 0.05) is 18.3 Å². The van der Waals surface area contributed by atoms with Gasteiger partial charge in [-0.3, -0.25) is 4.79 Å². The molecule has 0 saturated carbocycles. The van der Waals surface area contributed by atoms with Crippen LogP contribution < -0.4 is 14.8 Å². The smallest absolute Gasteiger partial charge is 0.259 e. The summed E-state index contributed by atoms with van der Waals surface area (Å²) in [5.74, 6) is 1.01. The van der Waals surface area contributed by atoms with Crippen molar-refractivity contribution in [2.45, 2.75) is 27.7 Å². The molecule has 3 rings (SSSR count). The van der Waals surface area contributed by atoms with Crippen molar-refractivity contribution >= 4 is 11.6 Å². The Morgan fingerprint density at radius 3 is 2.53 bits per heavy atom. The highest BCUT2D eigenvalue weighted by Gasteiger charge is 2.17. The summed E-state index contributed by atoms with van der Waals surface area (Å²) in [5, 5.41) is 7.39. The minimum absolute atomic E-state index is 0.221. The molecule has 7 nitrogen and oxygen atoms in total. The molecule has 1 N–H and O–H groups in total. The normalized spacial score (nSPS) is 10.9. The number of carbonyl (C=O) groups is 1. The van der Waals surface area contributed by atoms with Gasteiger partial charge in [-0.05, 0) is 50.7 Å². The van der Waals surface area contributed by atoms with Gasteiger partial charge in [-0.15, -0.1) is 0 Å². The molecule has 0 aliphatic carbocycles. The van der Waals surface area contributed by atoms with Crippen LogP contribution in [-0.2, 0) is 0 Å². The zero-order valence-corrected chi connectivity index (χ0v) is 19.5. The monoisotopic (exact) mass is 436 g/mol. The molecule has 32 heavy (non-hydrogen) atoms. The zero-order chi connectivity index (χ0) is 23.1. The number of hydrogen-bond acceptors (Lipinski definition) is 5. The Labute approximate surface area is 190 Å². The number of ether oxygens (including phenoxy) is 2. The number of amides is 1. The van der Waals surface area contributed by atoms with E-state index in [-0.39, 0.29) is 5.91 Å². The second-order valence-electron chi connectivity index (χ2n) is 7.54. The van der Waals surface area contributed by atoms with Crippen LogP contribution in [0.3, 0.4) is 0 Å². The Kier molecular flexibility index (Phi) is 7.89. The third-order valence-corrected chi connectivity index (χ3v) is 5.58. The number of nitrogens with zero attached hydrogens (tertiary/aromatic N) is 3. The van der Waals surface area contributed by atoms with E-state index in [0.717, 1.165) is 36.6 Å². The molecule has 0 spiro atoms. The van der Waals surface area contributed by atoms with Gasteiger partial charge in [0.05, 0.1) is 30.3 Å². The molecule has 0 radical (unpaired) electrons. The maximum atomic E-state index is 13.0. The number of anilines is 1.